The summed E-state index contributed by atoms with van der Waals surface area (Å²) in [7, 11) is 2.96. The van der Waals surface area contributed by atoms with E-state index in [0.29, 0.717) is 5.95 Å². The zero-order chi connectivity index (χ0) is 16.2. The number of para-hydroxylation sites is 1. The topological polar surface area (TPSA) is 76.2 Å². The number of methoxy groups -OCH3 is 2. The Balaban J connectivity index is 1.86. The maximum atomic E-state index is 11.2. The summed E-state index contributed by atoms with van der Waals surface area (Å²) < 4.78 is 9.91. The van der Waals surface area contributed by atoms with E-state index in [1.54, 1.807) is 18.9 Å². The number of aromatic nitrogens is 2. The van der Waals surface area contributed by atoms with Gasteiger partial charge in [-0.1, -0.05) is 23.9 Å². The van der Waals surface area contributed by atoms with Crippen molar-refractivity contribution >= 4 is 34.8 Å². The number of hydrogen-bond donors (Lipinski definition) is 2. The van der Waals surface area contributed by atoms with Gasteiger partial charge in [0, 0.05) is 4.90 Å². The zero-order valence-corrected chi connectivity index (χ0v) is 13.4. The van der Waals surface area contributed by atoms with Crippen LogP contribution in [0.2, 0.25) is 0 Å². The summed E-state index contributed by atoms with van der Waals surface area (Å²) in [6.07, 6.45) is -0.562. The molecule has 0 atom stereocenters. The second kappa shape index (κ2) is 6.62. The lowest BCUT2D eigenvalue weighted by Gasteiger charge is -2.07. The first-order chi connectivity index (χ1) is 11.2. The standard InChI is InChI=1S/C16H15N3O3S/c1-21-13-5-3-4-6-14(13)23-10-7-8-11-12(9-10)18-15(17-11)19-16(20)22-2/h3-9H,1-2H3,(H2,17,18,19,20). The van der Waals surface area contributed by atoms with Gasteiger partial charge in [-0.15, -0.1) is 0 Å². The third kappa shape index (κ3) is 3.40. The van der Waals surface area contributed by atoms with Gasteiger partial charge in [0.2, 0.25) is 5.95 Å². The summed E-state index contributed by atoms with van der Waals surface area (Å²) in [4.78, 5) is 20.6. The van der Waals surface area contributed by atoms with Crippen molar-refractivity contribution in [2.75, 3.05) is 19.5 Å². The van der Waals surface area contributed by atoms with Gasteiger partial charge in [-0.3, -0.25) is 5.32 Å². The van der Waals surface area contributed by atoms with E-state index in [1.165, 1.54) is 7.11 Å². The minimum Gasteiger partial charge on any atom is -0.496 e. The molecule has 1 amide bonds. The molecule has 3 aromatic rings. The molecule has 0 radical (unpaired) electrons. The number of benzene rings is 2. The molecule has 2 aromatic carbocycles. The normalized spacial score (nSPS) is 10.5. The Bertz CT molecular complexity index is 847. The van der Waals surface area contributed by atoms with Gasteiger partial charge in [-0.2, -0.15) is 0 Å². The molecule has 0 spiro atoms. The third-order valence-corrected chi connectivity index (χ3v) is 4.20. The number of carbonyl (C=O) groups is 1. The van der Waals surface area contributed by atoms with E-state index in [0.717, 1.165) is 26.6 Å². The summed E-state index contributed by atoms with van der Waals surface area (Å²) in [6.45, 7) is 0. The van der Waals surface area contributed by atoms with Gasteiger partial charge in [0.25, 0.3) is 0 Å². The van der Waals surface area contributed by atoms with E-state index in [1.807, 2.05) is 42.5 Å². The van der Waals surface area contributed by atoms with Gasteiger partial charge in [-0.05, 0) is 30.3 Å². The van der Waals surface area contributed by atoms with E-state index >= 15 is 0 Å². The molecule has 0 aliphatic rings. The van der Waals surface area contributed by atoms with Crippen LogP contribution in [0.4, 0.5) is 10.7 Å². The third-order valence-electron chi connectivity index (χ3n) is 3.16. The monoisotopic (exact) mass is 329 g/mol. The Labute approximate surface area is 137 Å². The highest BCUT2D eigenvalue weighted by atomic mass is 32.2. The van der Waals surface area contributed by atoms with Crippen molar-refractivity contribution in [3.8, 4) is 5.75 Å². The van der Waals surface area contributed by atoms with Crippen molar-refractivity contribution < 1.29 is 14.3 Å². The van der Waals surface area contributed by atoms with Gasteiger partial charge < -0.3 is 14.5 Å². The smallest absolute Gasteiger partial charge is 0.413 e. The van der Waals surface area contributed by atoms with Crippen molar-refractivity contribution in [1.82, 2.24) is 9.97 Å². The molecule has 0 aliphatic heterocycles. The summed E-state index contributed by atoms with van der Waals surface area (Å²) in [5, 5.41) is 2.51. The van der Waals surface area contributed by atoms with E-state index in [4.69, 9.17) is 4.74 Å². The Kier molecular flexibility index (Phi) is 4.38. The number of hydrogen-bond acceptors (Lipinski definition) is 5. The molecule has 2 N–H and O–H groups in total. The van der Waals surface area contributed by atoms with Crippen LogP contribution >= 0.6 is 11.8 Å². The van der Waals surface area contributed by atoms with Crippen LogP contribution < -0.4 is 10.1 Å². The number of aromatic amines is 1. The van der Waals surface area contributed by atoms with Crippen molar-refractivity contribution in [3.05, 3.63) is 42.5 Å². The number of imidazole rings is 1. The average Bonchev–Trinajstić information content (AvgIpc) is 2.96. The zero-order valence-electron chi connectivity index (χ0n) is 12.6. The van der Waals surface area contributed by atoms with Crippen LogP contribution in [0.3, 0.4) is 0 Å². The lowest BCUT2D eigenvalue weighted by Crippen LogP contribution is -2.11. The maximum Gasteiger partial charge on any atom is 0.413 e. The predicted octanol–water partition coefficient (Wildman–Crippen LogP) is 3.90. The molecule has 0 saturated carbocycles. The molecule has 1 aromatic heterocycles. The minimum absolute atomic E-state index is 0.353. The molecule has 7 heteroatoms. The van der Waals surface area contributed by atoms with Gasteiger partial charge in [0.05, 0.1) is 30.1 Å². The van der Waals surface area contributed by atoms with Crippen molar-refractivity contribution in [3.63, 3.8) is 0 Å². The fourth-order valence-corrected chi connectivity index (χ4v) is 3.05. The number of ether oxygens (including phenoxy) is 2. The van der Waals surface area contributed by atoms with E-state index in [2.05, 4.69) is 20.0 Å². The first-order valence-corrected chi connectivity index (χ1v) is 7.67. The van der Waals surface area contributed by atoms with Crippen molar-refractivity contribution in [1.29, 1.82) is 0 Å². The van der Waals surface area contributed by atoms with Gasteiger partial charge in [-0.25, -0.2) is 9.78 Å². The number of amides is 1. The van der Waals surface area contributed by atoms with E-state index in [-0.39, 0.29) is 0 Å². The number of nitrogens with one attached hydrogen (secondary N) is 2. The highest BCUT2D eigenvalue weighted by Crippen LogP contribution is 2.35. The fourth-order valence-electron chi connectivity index (χ4n) is 2.09. The van der Waals surface area contributed by atoms with Crippen molar-refractivity contribution in [2.45, 2.75) is 9.79 Å². The molecule has 0 unspecified atom stereocenters. The second-order valence-corrected chi connectivity index (χ2v) is 5.75. The number of fused-ring (bicyclic) bond motifs is 1. The summed E-state index contributed by atoms with van der Waals surface area (Å²) in [6, 6.07) is 13.7. The molecule has 0 aliphatic carbocycles. The highest BCUT2D eigenvalue weighted by Gasteiger charge is 2.09. The van der Waals surface area contributed by atoms with Crippen LogP contribution in [0.25, 0.3) is 11.0 Å². The van der Waals surface area contributed by atoms with Gasteiger partial charge >= 0.3 is 6.09 Å². The molecule has 0 bridgehead atoms. The van der Waals surface area contributed by atoms with Crippen LogP contribution in [0.1, 0.15) is 0 Å². The maximum absolute atomic E-state index is 11.2. The summed E-state index contributed by atoms with van der Waals surface area (Å²) in [5.74, 6) is 1.18. The second-order valence-electron chi connectivity index (χ2n) is 4.63. The molecule has 118 valence electrons. The number of rotatable bonds is 4. The lowest BCUT2D eigenvalue weighted by atomic mass is 10.3. The Hall–Kier alpha value is -2.67. The molecule has 6 nitrogen and oxygen atoms in total. The number of carbonyl (C=O) groups excluding carboxylic acids is 1. The predicted molar refractivity (Wildman–Crippen MR) is 89.2 cm³/mol. The van der Waals surface area contributed by atoms with Crippen LogP contribution in [0.5, 0.6) is 5.75 Å². The SMILES string of the molecule is COC(=O)Nc1nc2ccc(Sc3ccccc3OC)cc2[nH]1. The van der Waals surface area contributed by atoms with Crippen LogP contribution in [0, 0.1) is 0 Å². The number of H-pyrrole nitrogens is 1. The quantitative estimate of drug-likeness (QED) is 0.759. The van der Waals surface area contributed by atoms with Gasteiger partial charge in [0.15, 0.2) is 0 Å². The van der Waals surface area contributed by atoms with E-state index in [9.17, 15) is 4.79 Å². The van der Waals surface area contributed by atoms with E-state index < -0.39 is 6.09 Å². The Morgan fingerprint density at radius 1 is 1.22 bits per heavy atom. The first-order valence-electron chi connectivity index (χ1n) is 6.85. The summed E-state index contributed by atoms with van der Waals surface area (Å²) >= 11 is 1.60. The molecule has 0 fully saturated rings. The average molecular weight is 329 g/mol. The lowest BCUT2D eigenvalue weighted by molar-refractivity contribution is 0.186. The summed E-state index contributed by atoms with van der Waals surface area (Å²) in [5.41, 5.74) is 1.59. The minimum atomic E-state index is -0.562. The van der Waals surface area contributed by atoms with Crippen molar-refractivity contribution in [2.24, 2.45) is 0 Å². The fraction of sp³-hybridized carbons (Fsp3) is 0.125. The molecular weight excluding hydrogens is 314 g/mol. The number of nitrogens with zero attached hydrogens (tertiary/aromatic N) is 1. The molecule has 1 heterocycles. The van der Waals surface area contributed by atoms with Crippen LogP contribution in [-0.2, 0) is 4.74 Å². The van der Waals surface area contributed by atoms with Crippen LogP contribution in [0.15, 0.2) is 52.3 Å². The largest absolute Gasteiger partial charge is 0.496 e. The first kappa shape index (κ1) is 15.2. The highest BCUT2D eigenvalue weighted by molar-refractivity contribution is 7.99. The molecule has 0 saturated heterocycles. The molecule has 3 rings (SSSR count). The Morgan fingerprint density at radius 2 is 2.04 bits per heavy atom. The Morgan fingerprint density at radius 3 is 2.83 bits per heavy atom. The molecular formula is C16H15N3O3S. The number of anilines is 1. The molecule has 23 heavy (non-hydrogen) atoms. The van der Waals surface area contributed by atoms with Gasteiger partial charge in [0.1, 0.15) is 5.75 Å². The van der Waals surface area contributed by atoms with Crippen LogP contribution in [-0.4, -0.2) is 30.3 Å².